The fourth-order valence-corrected chi connectivity index (χ4v) is 3.99. The van der Waals surface area contributed by atoms with Gasteiger partial charge >= 0.3 is 0 Å². The smallest absolute Gasteiger partial charge is 0.0705 e. The van der Waals surface area contributed by atoms with Crippen LogP contribution in [0.4, 0.5) is 0 Å². The maximum Gasteiger partial charge on any atom is 0.0705 e. The minimum Gasteiger partial charge on any atom is -0.393 e. The van der Waals surface area contributed by atoms with Gasteiger partial charge < -0.3 is 5.11 Å². The van der Waals surface area contributed by atoms with Crippen LogP contribution in [0.15, 0.2) is 36.5 Å². The van der Waals surface area contributed by atoms with E-state index in [0.29, 0.717) is 11.8 Å². The number of likely N-dealkylation sites (tertiary alicyclic amines) is 1. The molecule has 0 spiro atoms. The van der Waals surface area contributed by atoms with E-state index in [1.807, 2.05) is 12.3 Å². The van der Waals surface area contributed by atoms with E-state index in [1.54, 1.807) is 0 Å². The summed E-state index contributed by atoms with van der Waals surface area (Å²) in [4.78, 5) is 6.93. The lowest BCUT2D eigenvalue weighted by Gasteiger charge is -2.18. The zero-order valence-corrected chi connectivity index (χ0v) is 11.6. The molecule has 0 amide bonds. The number of benzene rings is 1. The van der Waals surface area contributed by atoms with Gasteiger partial charge in [-0.2, -0.15) is 0 Å². The van der Waals surface area contributed by atoms with Crippen LogP contribution in [-0.2, 0) is 6.54 Å². The zero-order chi connectivity index (χ0) is 13.5. The number of aromatic nitrogens is 1. The summed E-state index contributed by atoms with van der Waals surface area (Å²) in [5.41, 5.74) is 2.43. The predicted octanol–water partition coefficient (Wildman–Crippen LogP) is 2.44. The molecule has 20 heavy (non-hydrogen) atoms. The Morgan fingerprint density at radius 1 is 1.15 bits per heavy atom. The van der Waals surface area contributed by atoms with Crippen molar-refractivity contribution in [1.29, 1.82) is 0 Å². The highest BCUT2D eigenvalue weighted by molar-refractivity contribution is 5.81. The van der Waals surface area contributed by atoms with Crippen LogP contribution < -0.4 is 0 Å². The molecule has 1 saturated heterocycles. The second-order valence-corrected chi connectivity index (χ2v) is 6.25. The summed E-state index contributed by atoms with van der Waals surface area (Å²) in [6.07, 6.45) is 4.03. The van der Waals surface area contributed by atoms with Gasteiger partial charge in [0.05, 0.1) is 11.6 Å². The number of para-hydroxylation sites is 1. The summed E-state index contributed by atoms with van der Waals surface area (Å²) in [6.45, 7) is 3.16. The fraction of sp³-hybridized carbons (Fsp3) is 0.471. The van der Waals surface area contributed by atoms with E-state index in [-0.39, 0.29) is 6.10 Å². The number of hydrogen-bond acceptors (Lipinski definition) is 3. The third-order valence-electron chi connectivity index (χ3n) is 5.03. The van der Waals surface area contributed by atoms with Crippen molar-refractivity contribution in [2.24, 2.45) is 11.8 Å². The van der Waals surface area contributed by atoms with Crippen molar-refractivity contribution in [3.05, 3.63) is 42.1 Å². The SMILES string of the molecule is OC1CCC2CN(Cc3ccnc4ccccc34)CC12. The first-order chi connectivity index (χ1) is 9.81. The Labute approximate surface area is 119 Å². The lowest BCUT2D eigenvalue weighted by atomic mass is 10.00. The number of hydrogen-bond donors (Lipinski definition) is 1. The van der Waals surface area contributed by atoms with Crippen molar-refractivity contribution in [2.75, 3.05) is 13.1 Å². The Kier molecular flexibility index (Phi) is 2.97. The average molecular weight is 268 g/mol. The Morgan fingerprint density at radius 2 is 2.05 bits per heavy atom. The summed E-state index contributed by atoms with van der Waals surface area (Å²) < 4.78 is 0. The van der Waals surface area contributed by atoms with Crippen LogP contribution in [0, 0.1) is 11.8 Å². The van der Waals surface area contributed by atoms with Crippen LogP contribution in [0.1, 0.15) is 18.4 Å². The highest BCUT2D eigenvalue weighted by Crippen LogP contribution is 2.38. The molecule has 1 aromatic carbocycles. The third-order valence-corrected chi connectivity index (χ3v) is 5.03. The van der Waals surface area contributed by atoms with Gasteiger partial charge in [0.25, 0.3) is 0 Å². The second-order valence-electron chi connectivity index (χ2n) is 6.25. The van der Waals surface area contributed by atoms with Gasteiger partial charge in [0, 0.05) is 37.1 Å². The number of nitrogens with zero attached hydrogens (tertiary/aromatic N) is 2. The third kappa shape index (κ3) is 2.02. The van der Waals surface area contributed by atoms with Crippen molar-refractivity contribution in [1.82, 2.24) is 9.88 Å². The Bertz CT molecular complexity index is 622. The van der Waals surface area contributed by atoms with Gasteiger partial charge in [-0.1, -0.05) is 18.2 Å². The molecule has 1 aromatic heterocycles. The first-order valence-electron chi connectivity index (χ1n) is 7.54. The van der Waals surface area contributed by atoms with Crippen LogP contribution in [-0.4, -0.2) is 34.2 Å². The van der Waals surface area contributed by atoms with Crippen LogP contribution in [0.25, 0.3) is 10.9 Å². The highest BCUT2D eigenvalue weighted by atomic mass is 16.3. The summed E-state index contributed by atoms with van der Waals surface area (Å²) in [5, 5.41) is 11.3. The van der Waals surface area contributed by atoms with E-state index < -0.39 is 0 Å². The highest BCUT2D eigenvalue weighted by Gasteiger charge is 2.41. The van der Waals surface area contributed by atoms with E-state index in [0.717, 1.165) is 31.6 Å². The molecule has 1 N–H and O–H groups in total. The molecule has 4 rings (SSSR count). The maximum absolute atomic E-state index is 10.0. The Hall–Kier alpha value is -1.45. The van der Waals surface area contributed by atoms with Gasteiger partial charge in [-0.3, -0.25) is 9.88 Å². The molecule has 1 aliphatic heterocycles. The van der Waals surface area contributed by atoms with E-state index in [1.165, 1.54) is 17.4 Å². The first-order valence-corrected chi connectivity index (χ1v) is 7.54. The number of rotatable bonds is 2. The molecule has 0 bridgehead atoms. The molecule has 0 radical (unpaired) electrons. The molecule has 2 heterocycles. The van der Waals surface area contributed by atoms with Crippen molar-refractivity contribution in [2.45, 2.75) is 25.5 Å². The topological polar surface area (TPSA) is 36.4 Å². The van der Waals surface area contributed by atoms with Gasteiger partial charge in [-0.15, -0.1) is 0 Å². The Balaban J connectivity index is 1.57. The van der Waals surface area contributed by atoms with Gasteiger partial charge in [0.15, 0.2) is 0 Å². The van der Waals surface area contributed by atoms with Crippen molar-refractivity contribution >= 4 is 10.9 Å². The molecule has 3 heteroatoms. The average Bonchev–Trinajstić information content (AvgIpc) is 3.02. The van der Waals surface area contributed by atoms with Gasteiger partial charge in [-0.25, -0.2) is 0 Å². The van der Waals surface area contributed by atoms with Crippen LogP contribution in [0.2, 0.25) is 0 Å². The summed E-state index contributed by atoms with van der Waals surface area (Å²) in [6, 6.07) is 10.5. The molecule has 2 aliphatic rings. The quantitative estimate of drug-likeness (QED) is 0.909. The van der Waals surface area contributed by atoms with Crippen LogP contribution in [0.3, 0.4) is 0 Å². The summed E-state index contributed by atoms with van der Waals surface area (Å²) >= 11 is 0. The maximum atomic E-state index is 10.0. The van der Waals surface area contributed by atoms with Crippen molar-refractivity contribution in [3.63, 3.8) is 0 Å². The number of pyridine rings is 1. The summed E-state index contributed by atoms with van der Waals surface area (Å²) in [5.74, 6) is 1.21. The molecule has 2 aromatic rings. The van der Waals surface area contributed by atoms with Gasteiger partial charge in [0.1, 0.15) is 0 Å². The molecule has 3 unspecified atom stereocenters. The lowest BCUT2D eigenvalue weighted by molar-refractivity contribution is 0.123. The number of aliphatic hydroxyl groups is 1. The minimum atomic E-state index is -0.0702. The molecular formula is C17H20N2O. The molecule has 1 aliphatic carbocycles. The normalized spacial score (nSPS) is 29.9. The Morgan fingerprint density at radius 3 is 2.95 bits per heavy atom. The van der Waals surface area contributed by atoms with Gasteiger partial charge in [0.2, 0.25) is 0 Å². The second kappa shape index (κ2) is 4.83. The van der Waals surface area contributed by atoms with Crippen molar-refractivity contribution in [3.8, 4) is 0 Å². The molecule has 2 fully saturated rings. The molecule has 3 atom stereocenters. The number of fused-ring (bicyclic) bond motifs is 2. The van der Waals surface area contributed by atoms with Crippen LogP contribution in [0.5, 0.6) is 0 Å². The number of aliphatic hydroxyl groups excluding tert-OH is 1. The predicted molar refractivity (Wildman–Crippen MR) is 79.2 cm³/mol. The van der Waals surface area contributed by atoms with Crippen LogP contribution >= 0.6 is 0 Å². The monoisotopic (exact) mass is 268 g/mol. The lowest BCUT2D eigenvalue weighted by Crippen LogP contribution is -2.24. The zero-order valence-electron chi connectivity index (χ0n) is 11.6. The van der Waals surface area contributed by atoms with Gasteiger partial charge in [-0.05, 0) is 36.5 Å². The van der Waals surface area contributed by atoms with E-state index in [4.69, 9.17) is 0 Å². The molecule has 104 valence electrons. The molecule has 1 saturated carbocycles. The molecule has 3 nitrogen and oxygen atoms in total. The minimum absolute atomic E-state index is 0.0702. The largest absolute Gasteiger partial charge is 0.393 e. The van der Waals surface area contributed by atoms with E-state index >= 15 is 0 Å². The fourth-order valence-electron chi connectivity index (χ4n) is 3.99. The summed E-state index contributed by atoms with van der Waals surface area (Å²) in [7, 11) is 0. The molecular weight excluding hydrogens is 248 g/mol. The van der Waals surface area contributed by atoms with E-state index in [9.17, 15) is 5.11 Å². The van der Waals surface area contributed by atoms with Crippen molar-refractivity contribution < 1.29 is 5.11 Å². The van der Waals surface area contributed by atoms with E-state index in [2.05, 4.69) is 34.1 Å². The standard InChI is InChI=1S/C17H20N2O/c20-17-6-5-12-9-19(11-15(12)17)10-13-7-8-18-16-4-2-1-3-14(13)16/h1-4,7-8,12,15,17,20H,5-6,9-11H2. The first kappa shape index (κ1) is 12.3.